The molecular weight excluding hydrogens is 286 g/mol. The van der Waals surface area contributed by atoms with E-state index in [-0.39, 0.29) is 0 Å². The van der Waals surface area contributed by atoms with Crippen LogP contribution in [0.4, 0.5) is 5.69 Å². The Labute approximate surface area is 138 Å². The Bertz CT molecular complexity index is 658. The van der Waals surface area contributed by atoms with Crippen LogP contribution in [0, 0.1) is 5.92 Å². The van der Waals surface area contributed by atoms with Crippen molar-refractivity contribution in [3.63, 3.8) is 0 Å². The summed E-state index contributed by atoms with van der Waals surface area (Å²) < 4.78 is 2.17. The summed E-state index contributed by atoms with van der Waals surface area (Å²) in [6.07, 6.45) is 8.14. The summed E-state index contributed by atoms with van der Waals surface area (Å²) in [5, 5.41) is 3.41. The molecule has 1 N–H and O–H groups in total. The summed E-state index contributed by atoms with van der Waals surface area (Å²) in [7, 11) is 2.23. The molecule has 2 aliphatic heterocycles. The predicted octanol–water partition coefficient (Wildman–Crippen LogP) is 1.63. The monoisotopic (exact) mass is 313 g/mol. The zero-order valence-electron chi connectivity index (χ0n) is 14.0. The third-order valence-electron chi connectivity index (χ3n) is 5.20. The van der Waals surface area contributed by atoms with Crippen molar-refractivity contribution in [2.45, 2.75) is 19.3 Å². The van der Waals surface area contributed by atoms with Crippen LogP contribution in [0.25, 0.3) is 5.65 Å². The summed E-state index contributed by atoms with van der Waals surface area (Å²) in [6.45, 7) is 6.76. The van der Waals surface area contributed by atoms with Crippen LogP contribution in [0.1, 0.15) is 18.5 Å². The van der Waals surface area contributed by atoms with E-state index in [1.807, 2.05) is 0 Å². The molecule has 0 amide bonds. The number of aromatic nitrogens is 2. The van der Waals surface area contributed by atoms with Crippen molar-refractivity contribution < 1.29 is 0 Å². The van der Waals surface area contributed by atoms with Crippen LogP contribution in [0.2, 0.25) is 0 Å². The van der Waals surface area contributed by atoms with Crippen LogP contribution in [-0.2, 0) is 6.42 Å². The standard InChI is InChI=1S/C18H27N5/c1-21-7-2-3-15(13-21)11-16-14-23-8-4-17(12-18(23)20-16)22-9-5-19-6-10-22/h4,8,12,14-15,19H,2-3,5-7,9-11,13H2,1H3. The number of piperidine rings is 1. The maximum absolute atomic E-state index is 4.89. The number of anilines is 1. The Balaban J connectivity index is 1.51. The van der Waals surface area contributed by atoms with Gasteiger partial charge in [-0.1, -0.05) is 0 Å². The first-order chi connectivity index (χ1) is 11.3. The first-order valence-electron chi connectivity index (χ1n) is 8.90. The van der Waals surface area contributed by atoms with Crippen LogP contribution in [0.3, 0.4) is 0 Å². The number of imidazole rings is 1. The second-order valence-corrected chi connectivity index (χ2v) is 7.09. The third kappa shape index (κ3) is 3.35. The second-order valence-electron chi connectivity index (χ2n) is 7.09. The van der Waals surface area contributed by atoms with Gasteiger partial charge in [0.1, 0.15) is 5.65 Å². The summed E-state index contributed by atoms with van der Waals surface area (Å²) in [5.41, 5.74) is 3.62. The fourth-order valence-electron chi connectivity index (χ4n) is 3.98. The smallest absolute Gasteiger partial charge is 0.139 e. The number of nitrogens with zero attached hydrogens (tertiary/aromatic N) is 4. The number of likely N-dealkylation sites (tertiary alicyclic amines) is 1. The molecule has 1 unspecified atom stereocenters. The number of hydrogen-bond acceptors (Lipinski definition) is 4. The van der Waals surface area contributed by atoms with E-state index in [9.17, 15) is 0 Å². The fraction of sp³-hybridized carbons (Fsp3) is 0.611. The minimum Gasteiger partial charge on any atom is -0.369 e. The maximum Gasteiger partial charge on any atom is 0.139 e. The van der Waals surface area contributed by atoms with E-state index in [4.69, 9.17) is 4.98 Å². The average molecular weight is 313 g/mol. The molecule has 5 nitrogen and oxygen atoms in total. The van der Waals surface area contributed by atoms with Crippen molar-refractivity contribution in [2.75, 3.05) is 51.2 Å². The SMILES string of the molecule is CN1CCCC(Cc2cn3ccc(N4CCNCC4)cc3n2)C1. The van der Waals surface area contributed by atoms with E-state index in [0.29, 0.717) is 0 Å². The van der Waals surface area contributed by atoms with Gasteiger partial charge in [-0.25, -0.2) is 4.98 Å². The molecule has 0 aliphatic carbocycles. The highest BCUT2D eigenvalue weighted by Gasteiger charge is 2.19. The lowest BCUT2D eigenvalue weighted by Crippen LogP contribution is -2.43. The van der Waals surface area contributed by atoms with E-state index in [2.05, 4.69) is 51.1 Å². The molecule has 23 heavy (non-hydrogen) atoms. The Hall–Kier alpha value is -1.59. The number of pyridine rings is 1. The van der Waals surface area contributed by atoms with Gasteiger partial charge >= 0.3 is 0 Å². The average Bonchev–Trinajstić information content (AvgIpc) is 2.97. The van der Waals surface area contributed by atoms with E-state index in [0.717, 1.165) is 44.2 Å². The lowest BCUT2D eigenvalue weighted by molar-refractivity contribution is 0.208. The van der Waals surface area contributed by atoms with Crippen LogP contribution in [0.15, 0.2) is 24.5 Å². The van der Waals surface area contributed by atoms with Crippen molar-refractivity contribution in [3.05, 3.63) is 30.2 Å². The molecule has 5 heteroatoms. The van der Waals surface area contributed by atoms with Gasteiger partial charge < -0.3 is 19.5 Å². The topological polar surface area (TPSA) is 35.8 Å². The molecule has 0 radical (unpaired) electrons. The third-order valence-corrected chi connectivity index (χ3v) is 5.20. The highest BCUT2D eigenvalue weighted by molar-refractivity contribution is 5.57. The summed E-state index contributed by atoms with van der Waals surface area (Å²) in [6, 6.07) is 4.46. The zero-order valence-corrected chi connectivity index (χ0v) is 14.0. The van der Waals surface area contributed by atoms with Crippen LogP contribution < -0.4 is 10.2 Å². The van der Waals surface area contributed by atoms with E-state index >= 15 is 0 Å². The molecule has 2 fully saturated rings. The van der Waals surface area contributed by atoms with Crippen LogP contribution >= 0.6 is 0 Å². The van der Waals surface area contributed by atoms with Crippen molar-refractivity contribution in [1.29, 1.82) is 0 Å². The molecule has 1 atom stereocenters. The lowest BCUT2D eigenvalue weighted by Gasteiger charge is -2.29. The second kappa shape index (κ2) is 6.49. The molecular formula is C18H27N5. The zero-order chi connectivity index (χ0) is 15.6. The normalized spacial score (nSPS) is 23.5. The Morgan fingerprint density at radius 3 is 2.96 bits per heavy atom. The molecule has 4 heterocycles. The molecule has 0 bridgehead atoms. The largest absolute Gasteiger partial charge is 0.369 e. The minimum absolute atomic E-state index is 0.756. The van der Waals surface area contributed by atoms with E-state index in [1.165, 1.54) is 37.3 Å². The predicted molar refractivity (Wildman–Crippen MR) is 94.2 cm³/mol. The molecule has 2 saturated heterocycles. The lowest BCUT2D eigenvalue weighted by atomic mass is 9.94. The van der Waals surface area contributed by atoms with Gasteiger partial charge in [-0.05, 0) is 44.8 Å². The highest BCUT2D eigenvalue weighted by atomic mass is 15.2. The van der Waals surface area contributed by atoms with Crippen LogP contribution in [0.5, 0.6) is 0 Å². The number of hydrogen-bond donors (Lipinski definition) is 1. The number of fused-ring (bicyclic) bond motifs is 1. The molecule has 2 aromatic heterocycles. The summed E-state index contributed by atoms with van der Waals surface area (Å²) >= 11 is 0. The summed E-state index contributed by atoms with van der Waals surface area (Å²) in [5.74, 6) is 0.756. The molecule has 4 rings (SSSR count). The molecule has 0 spiro atoms. The van der Waals surface area contributed by atoms with Gasteiger partial charge in [0.15, 0.2) is 0 Å². The van der Waals surface area contributed by atoms with Gasteiger partial charge in [0.05, 0.1) is 5.69 Å². The molecule has 124 valence electrons. The van der Waals surface area contributed by atoms with Gasteiger partial charge in [-0.3, -0.25) is 0 Å². The highest BCUT2D eigenvalue weighted by Crippen LogP contribution is 2.22. The quantitative estimate of drug-likeness (QED) is 0.934. The maximum atomic E-state index is 4.89. The molecule has 0 saturated carbocycles. The Kier molecular flexibility index (Phi) is 4.23. The number of piperazine rings is 1. The number of rotatable bonds is 3. The molecule has 0 aromatic carbocycles. The van der Waals surface area contributed by atoms with E-state index in [1.54, 1.807) is 0 Å². The summed E-state index contributed by atoms with van der Waals surface area (Å²) in [4.78, 5) is 9.79. The molecule has 2 aromatic rings. The first-order valence-corrected chi connectivity index (χ1v) is 8.90. The molecule has 2 aliphatic rings. The van der Waals surface area contributed by atoms with Crippen molar-refractivity contribution in [2.24, 2.45) is 5.92 Å². The van der Waals surface area contributed by atoms with Crippen LogP contribution in [-0.4, -0.2) is 60.6 Å². The Morgan fingerprint density at radius 1 is 1.26 bits per heavy atom. The van der Waals surface area contributed by atoms with Crippen molar-refractivity contribution in [3.8, 4) is 0 Å². The fourth-order valence-corrected chi connectivity index (χ4v) is 3.98. The van der Waals surface area contributed by atoms with Crippen molar-refractivity contribution in [1.82, 2.24) is 19.6 Å². The van der Waals surface area contributed by atoms with Gasteiger partial charge in [-0.15, -0.1) is 0 Å². The Morgan fingerprint density at radius 2 is 2.13 bits per heavy atom. The number of nitrogens with one attached hydrogen (secondary N) is 1. The van der Waals surface area contributed by atoms with Crippen molar-refractivity contribution >= 4 is 11.3 Å². The van der Waals surface area contributed by atoms with Gasteiger partial charge in [0, 0.05) is 56.9 Å². The van der Waals surface area contributed by atoms with Gasteiger partial charge in [0.25, 0.3) is 0 Å². The minimum atomic E-state index is 0.756. The first kappa shape index (κ1) is 15.0. The van der Waals surface area contributed by atoms with Gasteiger partial charge in [-0.2, -0.15) is 0 Å². The van der Waals surface area contributed by atoms with E-state index < -0.39 is 0 Å². The van der Waals surface area contributed by atoms with Gasteiger partial charge in [0.2, 0.25) is 0 Å².